The molecule has 96 valence electrons. The van der Waals surface area contributed by atoms with E-state index in [1.165, 1.54) is 0 Å². The van der Waals surface area contributed by atoms with E-state index in [-0.39, 0.29) is 6.04 Å². The van der Waals surface area contributed by atoms with Crippen LogP contribution in [0.1, 0.15) is 18.0 Å². The zero-order valence-electron chi connectivity index (χ0n) is 10.6. The summed E-state index contributed by atoms with van der Waals surface area (Å²) in [5.41, 5.74) is 0.931. The SMILES string of the molecule is COc1ccc(C(C#N)N2CCCNCC2)cn1. The Hall–Kier alpha value is -1.64. The monoisotopic (exact) mass is 246 g/mol. The van der Waals surface area contributed by atoms with Gasteiger partial charge in [0.15, 0.2) is 0 Å². The van der Waals surface area contributed by atoms with E-state index >= 15 is 0 Å². The van der Waals surface area contributed by atoms with Crippen LogP contribution in [0.15, 0.2) is 18.3 Å². The van der Waals surface area contributed by atoms with Crippen LogP contribution in [0.25, 0.3) is 0 Å². The van der Waals surface area contributed by atoms with Crippen LogP contribution in [0.5, 0.6) is 5.88 Å². The Bertz CT molecular complexity index is 404. The smallest absolute Gasteiger partial charge is 0.212 e. The van der Waals surface area contributed by atoms with Crippen LogP contribution in [0.3, 0.4) is 0 Å². The van der Waals surface area contributed by atoms with Crippen molar-refractivity contribution in [3.8, 4) is 11.9 Å². The van der Waals surface area contributed by atoms with E-state index in [0.717, 1.165) is 38.2 Å². The number of rotatable bonds is 3. The second-order valence-electron chi connectivity index (χ2n) is 4.31. The molecule has 0 saturated carbocycles. The average Bonchev–Trinajstić information content (AvgIpc) is 2.70. The fourth-order valence-corrected chi connectivity index (χ4v) is 2.17. The highest BCUT2D eigenvalue weighted by molar-refractivity contribution is 5.25. The van der Waals surface area contributed by atoms with Gasteiger partial charge in [-0.05, 0) is 19.0 Å². The van der Waals surface area contributed by atoms with Gasteiger partial charge >= 0.3 is 0 Å². The molecule has 1 atom stereocenters. The fraction of sp³-hybridized carbons (Fsp3) is 0.538. The molecule has 0 spiro atoms. The zero-order valence-corrected chi connectivity index (χ0v) is 10.6. The van der Waals surface area contributed by atoms with Gasteiger partial charge in [-0.2, -0.15) is 5.26 Å². The van der Waals surface area contributed by atoms with Crippen molar-refractivity contribution in [2.24, 2.45) is 0 Å². The van der Waals surface area contributed by atoms with Crippen molar-refractivity contribution in [1.29, 1.82) is 5.26 Å². The summed E-state index contributed by atoms with van der Waals surface area (Å²) in [6, 6.07) is 5.87. The van der Waals surface area contributed by atoms with Gasteiger partial charge in [0, 0.05) is 37.5 Å². The lowest BCUT2D eigenvalue weighted by Gasteiger charge is -2.25. The zero-order chi connectivity index (χ0) is 12.8. The Morgan fingerprint density at radius 1 is 1.44 bits per heavy atom. The minimum atomic E-state index is -0.219. The second-order valence-corrected chi connectivity index (χ2v) is 4.31. The number of hydrogen-bond donors (Lipinski definition) is 1. The van der Waals surface area contributed by atoms with Gasteiger partial charge in [0.25, 0.3) is 0 Å². The van der Waals surface area contributed by atoms with Crippen LogP contribution in [0, 0.1) is 11.3 Å². The molecule has 1 aromatic rings. The first-order chi connectivity index (χ1) is 8.85. The predicted octanol–water partition coefficient (Wildman–Crippen LogP) is 0.950. The Morgan fingerprint density at radius 2 is 2.33 bits per heavy atom. The summed E-state index contributed by atoms with van der Waals surface area (Å²) >= 11 is 0. The van der Waals surface area contributed by atoms with Crippen LogP contribution >= 0.6 is 0 Å². The van der Waals surface area contributed by atoms with Gasteiger partial charge in [0.2, 0.25) is 5.88 Å². The Labute approximate surface area is 107 Å². The molecule has 1 aliphatic rings. The molecule has 1 saturated heterocycles. The quantitative estimate of drug-likeness (QED) is 0.860. The molecular weight excluding hydrogens is 228 g/mol. The van der Waals surface area contributed by atoms with Crippen molar-refractivity contribution in [2.45, 2.75) is 12.5 Å². The predicted molar refractivity (Wildman–Crippen MR) is 68.2 cm³/mol. The Balaban J connectivity index is 2.13. The third kappa shape index (κ3) is 2.97. The van der Waals surface area contributed by atoms with Gasteiger partial charge in [-0.15, -0.1) is 0 Å². The minimum absolute atomic E-state index is 0.219. The van der Waals surface area contributed by atoms with Crippen molar-refractivity contribution in [3.05, 3.63) is 23.9 Å². The lowest BCUT2D eigenvalue weighted by atomic mass is 10.1. The number of aromatic nitrogens is 1. The number of nitrogens with zero attached hydrogens (tertiary/aromatic N) is 3. The normalized spacial score (nSPS) is 18.7. The minimum Gasteiger partial charge on any atom is -0.481 e. The van der Waals surface area contributed by atoms with E-state index in [1.807, 2.05) is 6.07 Å². The number of nitriles is 1. The fourth-order valence-electron chi connectivity index (χ4n) is 2.17. The second kappa shape index (κ2) is 6.34. The van der Waals surface area contributed by atoms with E-state index in [1.54, 1.807) is 19.4 Å². The van der Waals surface area contributed by atoms with Crippen LogP contribution in [-0.2, 0) is 0 Å². The van der Waals surface area contributed by atoms with E-state index in [9.17, 15) is 5.26 Å². The van der Waals surface area contributed by atoms with Crippen LogP contribution in [0.2, 0.25) is 0 Å². The highest BCUT2D eigenvalue weighted by Gasteiger charge is 2.21. The molecule has 2 heterocycles. The largest absolute Gasteiger partial charge is 0.481 e. The van der Waals surface area contributed by atoms with Gasteiger partial charge in [-0.1, -0.05) is 0 Å². The number of hydrogen-bond acceptors (Lipinski definition) is 5. The summed E-state index contributed by atoms with van der Waals surface area (Å²) in [6.45, 7) is 3.79. The number of ether oxygens (including phenoxy) is 1. The summed E-state index contributed by atoms with van der Waals surface area (Å²) in [7, 11) is 1.59. The van der Waals surface area contributed by atoms with Crippen molar-refractivity contribution in [3.63, 3.8) is 0 Å². The molecule has 0 aliphatic carbocycles. The molecule has 0 aromatic carbocycles. The summed E-state index contributed by atoms with van der Waals surface area (Å²) in [6.07, 6.45) is 2.80. The first-order valence-corrected chi connectivity index (χ1v) is 6.19. The molecule has 0 amide bonds. The van der Waals surface area contributed by atoms with E-state index in [0.29, 0.717) is 5.88 Å². The lowest BCUT2D eigenvalue weighted by Crippen LogP contribution is -2.31. The van der Waals surface area contributed by atoms with E-state index in [2.05, 4.69) is 21.3 Å². The van der Waals surface area contributed by atoms with Gasteiger partial charge in [-0.3, -0.25) is 4.90 Å². The summed E-state index contributed by atoms with van der Waals surface area (Å²) < 4.78 is 5.03. The molecule has 1 aliphatic heterocycles. The molecule has 1 fully saturated rings. The maximum absolute atomic E-state index is 9.38. The maximum atomic E-state index is 9.38. The first-order valence-electron chi connectivity index (χ1n) is 6.19. The first kappa shape index (κ1) is 12.8. The third-order valence-corrected chi connectivity index (χ3v) is 3.15. The van der Waals surface area contributed by atoms with Crippen LogP contribution in [-0.4, -0.2) is 43.2 Å². The Kier molecular flexibility index (Phi) is 4.51. The number of pyridine rings is 1. The van der Waals surface area contributed by atoms with Gasteiger partial charge in [-0.25, -0.2) is 4.98 Å². The molecule has 1 unspecified atom stereocenters. The van der Waals surface area contributed by atoms with Gasteiger partial charge in [0.05, 0.1) is 13.2 Å². The van der Waals surface area contributed by atoms with Crippen molar-refractivity contribution in [2.75, 3.05) is 33.3 Å². The van der Waals surface area contributed by atoms with Gasteiger partial charge < -0.3 is 10.1 Å². The maximum Gasteiger partial charge on any atom is 0.212 e. The van der Waals surface area contributed by atoms with E-state index < -0.39 is 0 Å². The Morgan fingerprint density at radius 3 is 3.00 bits per heavy atom. The average molecular weight is 246 g/mol. The van der Waals surface area contributed by atoms with Crippen molar-refractivity contribution < 1.29 is 4.74 Å². The molecule has 18 heavy (non-hydrogen) atoms. The van der Waals surface area contributed by atoms with Crippen LogP contribution < -0.4 is 10.1 Å². The topological polar surface area (TPSA) is 61.2 Å². The molecule has 0 bridgehead atoms. The molecule has 5 heteroatoms. The molecule has 0 radical (unpaired) electrons. The summed E-state index contributed by atoms with van der Waals surface area (Å²) in [5.74, 6) is 0.577. The van der Waals surface area contributed by atoms with Crippen molar-refractivity contribution in [1.82, 2.24) is 15.2 Å². The summed E-state index contributed by atoms with van der Waals surface area (Å²) in [4.78, 5) is 6.37. The molecule has 5 nitrogen and oxygen atoms in total. The standard InChI is InChI=1S/C13H18N4O/c1-18-13-4-3-11(10-16-13)12(9-14)17-7-2-5-15-6-8-17/h3-4,10,12,15H,2,5-8H2,1H3. The highest BCUT2D eigenvalue weighted by Crippen LogP contribution is 2.21. The summed E-state index contributed by atoms with van der Waals surface area (Å²) in [5, 5.41) is 12.7. The van der Waals surface area contributed by atoms with Gasteiger partial charge in [0.1, 0.15) is 6.04 Å². The number of methoxy groups -OCH3 is 1. The van der Waals surface area contributed by atoms with E-state index in [4.69, 9.17) is 4.74 Å². The molecule has 1 aromatic heterocycles. The molecule has 1 N–H and O–H groups in total. The molecule has 2 rings (SSSR count). The lowest BCUT2D eigenvalue weighted by molar-refractivity contribution is 0.252. The number of nitrogens with one attached hydrogen (secondary N) is 1. The highest BCUT2D eigenvalue weighted by atomic mass is 16.5. The molecular formula is C13H18N4O. The third-order valence-electron chi connectivity index (χ3n) is 3.15. The van der Waals surface area contributed by atoms with Crippen LogP contribution in [0.4, 0.5) is 0 Å². The van der Waals surface area contributed by atoms with Crippen molar-refractivity contribution >= 4 is 0 Å².